The number of halogens is 1. The highest BCUT2D eigenvalue weighted by atomic mass is 35.5. The van der Waals surface area contributed by atoms with Crippen molar-refractivity contribution in [1.82, 2.24) is 33.6 Å². The minimum Gasteiger partial charge on any atom is -0.496 e. The molecule has 0 amide bonds. The summed E-state index contributed by atoms with van der Waals surface area (Å²) in [5, 5.41) is 0.338. The fourth-order valence-corrected chi connectivity index (χ4v) is 4.79. The summed E-state index contributed by atoms with van der Waals surface area (Å²) in [5.74, 6) is 0.570. The molecule has 0 aliphatic rings. The van der Waals surface area contributed by atoms with E-state index in [1.165, 1.54) is 9.13 Å². The van der Waals surface area contributed by atoms with Gasteiger partial charge in [0.05, 0.1) is 30.3 Å². The second-order valence-corrected chi connectivity index (χ2v) is 8.90. The number of nitrogens with two attached hydrogens (primary N) is 1. The highest BCUT2D eigenvalue weighted by Crippen LogP contribution is 2.26. The van der Waals surface area contributed by atoms with Crippen molar-refractivity contribution >= 4 is 39.6 Å². The summed E-state index contributed by atoms with van der Waals surface area (Å²) in [5.41, 5.74) is 7.44. The number of methoxy groups -OCH3 is 1. The number of aryl methyl sites for hydroxylation is 2. The fraction of sp³-hybridized carbons (Fsp3) is 0.250. The van der Waals surface area contributed by atoms with Crippen LogP contribution in [0.15, 0.2) is 44.8 Å². The predicted octanol–water partition coefficient (Wildman–Crippen LogP) is 1.60. The molecule has 4 heterocycles. The second kappa shape index (κ2) is 9.21. The normalized spacial score (nSPS) is 11.5. The maximum Gasteiger partial charge on any atom is 0.330 e. The number of nitrogen functional groups attached to an aromatic ring is 1. The molecule has 5 aromatic rings. The molecule has 0 bridgehead atoms. The van der Waals surface area contributed by atoms with Gasteiger partial charge in [0.25, 0.3) is 5.56 Å². The third kappa shape index (κ3) is 4.04. The Morgan fingerprint density at radius 1 is 1.05 bits per heavy atom. The number of nitrogens with one attached hydrogen (secondary N) is 1. The van der Waals surface area contributed by atoms with Crippen molar-refractivity contribution in [3.63, 3.8) is 0 Å². The van der Waals surface area contributed by atoms with Gasteiger partial charge in [0, 0.05) is 30.4 Å². The van der Waals surface area contributed by atoms with Gasteiger partial charge in [-0.3, -0.25) is 23.5 Å². The maximum absolute atomic E-state index is 13.6. The molecule has 0 atom stereocenters. The van der Waals surface area contributed by atoms with Crippen molar-refractivity contribution in [2.24, 2.45) is 0 Å². The Kier molecular flexibility index (Phi) is 6.04. The lowest BCUT2D eigenvalue weighted by molar-refractivity contribution is 0.406. The zero-order chi connectivity index (χ0) is 26.4. The van der Waals surface area contributed by atoms with Gasteiger partial charge in [0.15, 0.2) is 10.8 Å². The van der Waals surface area contributed by atoms with E-state index in [1.54, 1.807) is 37.6 Å². The summed E-state index contributed by atoms with van der Waals surface area (Å²) in [4.78, 5) is 54.7. The van der Waals surface area contributed by atoms with E-state index in [0.29, 0.717) is 22.3 Å². The van der Waals surface area contributed by atoms with Crippen molar-refractivity contribution in [2.75, 3.05) is 12.8 Å². The van der Waals surface area contributed by atoms with Crippen LogP contribution in [-0.2, 0) is 19.6 Å². The van der Waals surface area contributed by atoms with Gasteiger partial charge in [-0.2, -0.15) is 9.97 Å². The molecule has 37 heavy (non-hydrogen) atoms. The van der Waals surface area contributed by atoms with Crippen LogP contribution >= 0.6 is 11.6 Å². The fourth-order valence-electron chi connectivity index (χ4n) is 4.52. The molecule has 5 rings (SSSR count). The van der Waals surface area contributed by atoms with Crippen LogP contribution in [0.25, 0.3) is 22.1 Å². The number of hydrogen-bond donors (Lipinski definition) is 2. The van der Waals surface area contributed by atoms with Crippen LogP contribution < -0.4 is 27.4 Å². The molecule has 0 unspecified atom stereocenters. The van der Waals surface area contributed by atoms with E-state index in [9.17, 15) is 14.4 Å². The minimum atomic E-state index is -0.585. The first-order valence-electron chi connectivity index (χ1n) is 11.3. The summed E-state index contributed by atoms with van der Waals surface area (Å²) < 4.78 is 9.25. The zero-order valence-electron chi connectivity index (χ0n) is 20.3. The molecule has 4 aromatic heterocycles. The van der Waals surface area contributed by atoms with E-state index in [0.717, 1.165) is 15.7 Å². The lowest BCUT2D eigenvalue weighted by Crippen LogP contribution is -2.37. The van der Waals surface area contributed by atoms with Crippen LogP contribution in [0.2, 0.25) is 5.15 Å². The average Bonchev–Trinajstić information content (AvgIpc) is 3.11. The number of rotatable bonds is 6. The highest BCUT2D eigenvalue weighted by molar-refractivity contribution is 6.33. The number of imidazole rings is 1. The van der Waals surface area contributed by atoms with Crippen molar-refractivity contribution < 1.29 is 4.74 Å². The number of fused-ring (bicyclic) bond motifs is 2. The Morgan fingerprint density at radius 3 is 2.54 bits per heavy atom. The van der Waals surface area contributed by atoms with Gasteiger partial charge < -0.3 is 15.5 Å². The molecule has 13 heteroatoms. The average molecular weight is 523 g/mol. The number of para-hydroxylation sites is 1. The Labute approximate surface area is 213 Å². The van der Waals surface area contributed by atoms with Gasteiger partial charge in [0.1, 0.15) is 11.3 Å². The first-order valence-corrected chi connectivity index (χ1v) is 11.7. The van der Waals surface area contributed by atoms with E-state index < -0.39 is 16.9 Å². The number of aromatic nitrogens is 7. The largest absolute Gasteiger partial charge is 0.496 e. The second-order valence-electron chi connectivity index (χ2n) is 8.54. The molecule has 0 aliphatic heterocycles. The monoisotopic (exact) mass is 522 g/mol. The standard InChI is InChI=1S/C24H23ClN8O4/c1-12-10-27-16(13(2)18(12)37-3)11-33-20-17(19(25)29-22(26)30-20)31(24(33)36)8-9-32-21(34)14-6-4-5-7-15(14)28-23(32)35/h4-7,10H,8-9,11H2,1-3H3,(H,28,35)(H2,26,29,30). The molecular formula is C24H23ClN8O4. The van der Waals surface area contributed by atoms with Crippen molar-refractivity contribution in [2.45, 2.75) is 33.5 Å². The molecule has 0 saturated heterocycles. The first kappa shape index (κ1) is 24.3. The number of benzene rings is 1. The van der Waals surface area contributed by atoms with Crippen LogP contribution in [0.4, 0.5) is 5.95 Å². The summed E-state index contributed by atoms with van der Waals surface area (Å²) in [6.45, 7) is 3.67. The molecular weight excluding hydrogens is 500 g/mol. The lowest BCUT2D eigenvalue weighted by Gasteiger charge is -2.12. The third-order valence-corrected chi connectivity index (χ3v) is 6.59. The first-order chi connectivity index (χ1) is 17.7. The summed E-state index contributed by atoms with van der Waals surface area (Å²) >= 11 is 6.40. The van der Waals surface area contributed by atoms with Crippen molar-refractivity contribution in [3.8, 4) is 5.75 Å². The van der Waals surface area contributed by atoms with E-state index >= 15 is 0 Å². The smallest absolute Gasteiger partial charge is 0.330 e. The topological polar surface area (TPSA) is 156 Å². The van der Waals surface area contributed by atoms with Gasteiger partial charge in [-0.05, 0) is 26.0 Å². The number of ether oxygens (including phenoxy) is 1. The van der Waals surface area contributed by atoms with Gasteiger partial charge in [-0.1, -0.05) is 23.7 Å². The number of H-pyrrole nitrogens is 1. The van der Waals surface area contributed by atoms with Crippen LogP contribution in [-0.4, -0.2) is 40.7 Å². The highest BCUT2D eigenvalue weighted by Gasteiger charge is 2.21. The van der Waals surface area contributed by atoms with E-state index in [1.807, 2.05) is 13.8 Å². The Morgan fingerprint density at radius 2 is 1.78 bits per heavy atom. The Hall–Kier alpha value is -4.45. The van der Waals surface area contributed by atoms with E-state index in [4.69, 9.17) is 22.1 Å². The summed E-state index contributed by atoms with van der Waals surface area (Å²) in [6, 6.07) is 6.71. The van der Waals surface area contributed by atoms with Gasteiger partial charge in [-0.15, -0.1) is 0 Å². The van der Waals surface area contributed by atoms with Crippen LogP contribution in [0.3, 0.4) is 0 Å². The molecule has 12 nitrogen and oxygen atoms in total. The van der Waals surface area contributed by atoms with Crippen molar-refractivity contribution in [3.05, 3.63) is 83.8 Å². The number of aromatic amines is 1. The summed E-state index contributed by atoms with van der Waals surface area (Å²) in [7, 11) is 1.57. The van der Waals surface area contributed by atoms with E-state index in [-0.39, 0.29) is 41.9 Å². The molecule has 0 aliphatic carbocycles. The predicted molar refractivity (Wildman–Crippen MR) is 139 cm³/mol. The Bertz CT molecular complexity index is 1870. The quantitative estimate of drug-likeness (QED) is 0.318. The molecule has 190 valence electrons. The number of anilines is 1. The molecule has 0 saturated carbocycles. The van der Waals surface area contributed by atoms with Crippen LogP contribution in [0.5, 0.6) is 5.75 Å². The summed E-state index contributed by atoms with van der Waals surface area (Å²) in [6.07, 6.45) is 1.67. The molecule has 1 aromatic carbocycles. The lowest BCUT2D eigenvalue weighted by atomic mass is 10.1. The van der Waals surface area contributed by atoms with E-state index in [2.05, 4.69) is 19.9 Å². The third-order valence-electron chi connectivity index (χ3n) is 6.32. The zero-order valence-corrected chi connectivity index (χ0v) is 21.0. The van der Waals surface area contributed by atoms with Gasteiger partial charge in [0.2, 0.25) is 5.95 Å². The van der Waals surface area contributed by atoms with Gasteiger partial charge >= 0.3 is 11.4 Å². The van der Waals surface area contributed by atoms with Gasteiger partial charge in [-0.25, -0.2) is 9.59 Å². The molecule has 0 radical (unpaired) electrons. The van der Waals surface area contributed by atoms with Crippen LogP contribution in [0.1, 0.15) is 16.8 Å². The number of hydrogen-bond acceptors (Lipinski definition) is 8. The maximum atomic E-state index is 13.6. The number of pyridine rings is 1. The van der Waals surface area contributed by atoms with Crippen molar-refractivity contribution in [1.29, 1.82) is 0 Å². The number of nitrogens with zero attached hydrogens (tertiary/aromatic N) is 6. The minimum absolute atomic E-state index is 0.0238. The SMILES string of the molecule is COc1c(C)cnc(Cn2c(=O)n(CCn3c(=O)[nH]c4ccccc4c3=O)c3c(Cl)nc(N)nc32)c1C. The Balaban J connectivity index is 1.62. The molecule has 3 N–H and O–H groups in total. The molecule has 0 spiro atoms. The molecule has 0 fully saturated rings. The van der Waals surface area contributed by atoms with Crippen LogP contribution in [0, 0.1) is 13.8 Å².